The lowest BCUT2D eigenvalue weighted by Gasteiger charge is -2.32. The molecule has 2 unspecified atom stereocenters. The van der Waals surface area contributed by atoms with Gasteiger partial charge in [0.25, 0.3) is 0 Å². The Morgan fingerprint density at radius 1 is 1.21 bits per heavy atom. The van der Waals surface area contributed by atoms with Gasteiger partial charge in [0.15, 0.2) is 0 Å². The summed E-state index contributed by atoms with van der Waals surface area (Å²) in [6, 6.07) is 5.57. The molecule has 0 amide bonds. The number of aromatic nitrogens is 1. The van der Waals surface area contributed by atoms with Crippen molar-refractivity contribution in [2.45, 2.75) is 37.8 Å². The Morgan fingerprint density at radius 2 is 2.11 bits per heavy atom. The van der Waals surface area contributed by atoms with Crippen LogP contribution in [0.15, 0.2) is 18.3 Å². The number of hydrogen-bond donors (Lipinski definition) is 1. The van der Waals surface area contributed by atoms with Crippen LogP contribution in [0.3, 0.4) is 0 Å². The largest absolute Gasteiger partial charge is 0.379 e. The van der Waals surface area contributed by atoms with E-state index in [2.05, 4.69) is 27.3 Å². The first-order valence-electron chi connectivity index (χ1n) is 7.38. The highest BCUT2D eigenvalue weighted by molar-refractivity contribution is 5.48. The highest BCUT2D eigenvalue weighted by Gasteiger charge is 2.35. The van der Waals surface area contributed by atoms with E-state index in [-0.39, 0.29) is 0 Å². The molecule has 3 heterocycles. The molecular weight excluding hydrogens is 236 g/mol. The van der Waals surface area contributed by atoms with Gasteiger partial charge in [-0.2, -0.15) is 0 Å². The molecular formula is C15H24N4. The molecule has 1 aromatic rings. The zero-order valence-corrected chi connectivity index (χ0v) is 12.0. The van der Waals surface area contributed by atoms with E-state index in [4.69, 9.17) is 0 Å². The molecule has 104 valence electrons. The predicted molar refractivity (Wildman–Crippen MR) is 79.8 cm³/mol. The molecule has 4 nitrogen and oxygen atoms in total. The van der Waals surface area contributed by atoms with Crippen LogP contribution >= 0.6 is 0 Å². The van der Waals surface area contributed by atoms with E-state index >= 15 is 0 Å². The van der Waals surface area contributed by atoms with Crippen molar-refractivity contribution in [3.63, 3.8) is 0 Å². The first-order chi connectivity index (χ1) is 9.24. The third-order valence-electron chi connectivity index (χ3n) is 4.41. The van der Waals surface area contributed by atoms with Crippen molar-refractivity contribution in [2.24, 2.45) is 0 Å². The maximum Gasteiger partial charge on any atom is 0.128 e. The molecule has 1 aromatic heterocycles. The first kappa shape index (κ1) is 12.7. The SMILES string of the molecule is CN(C)c1ccc(NC2CCN3CCCCC23)cn1. The van der Waals surface area contributed by atoms with Gasteiger partial charge in [-0.05, 0) is 37.9 Å². The van der Waals surface area contributed by atoms with Crippen molar-refractivity contribution in [3.8, 4) is 0 Å². The van der Waals surface area contributed by atoms with Crippen LogP contribution in [0.25, 0.3) is 0 Å². The van der Waals surface area contributed by atoms with Gasteiger partial charge in [0.1, 0.15) is 5.82 Å². The van der Waals surface area contributed by atoms with Crippen LogP contribution in [-0.4, -0.2) is 49.2 Å². The molecule has 0 aliphatic carbocycles. The Kier molecular flexibility index (Phi) is 3.60. The topological polar surface area (TPSA) is 31.4 Å². The normalized spacial score (nSPS) is 27.1. The van der Waals surface area contributed by atoms with E-state index in [9.17, 15) is 0 Å². The summed E-state index contributed by atoms with van der Waals surface area (Å²) in [6.07, 6.45) is 7.33. The second kappa shape index (κ2) is 5.37. The standard InChI is InChI=1S/C15H24N4/c1-18(2)15-7-6-12(11-16-15)17-13-8-10-19-9-4-3-5-14(13)19/h6-7,11,13-14,17H,3-5,8-10H2,1-2H3. The Balaban J connectivity index is 1.64. The fraction of sp³-hybridized carbons (Fsp3) is 0.667. The molecule has 2 fully saturated rings. The van der Waals surface area contributed by atoms with Gasteiger partial charge >= 0.3 is 0 Å². The predicted octanol–water partition coefficient (Wildman–Crippen LogP) is 2.19. The minimum Gasteiger partial charge on any atom is -0.379 e. The maximum atomic E-state index is 4.47. The smallest absolute Gasteiger partial charge is 0.128 e. The van der Waals surface area contributed by atoms with E-state index in [1.165, 1.54) is 38.8 Å². The van der Waals surface area contributed by atoms with E-state index in [1.54, 1.807) is 0 Å². The van der Waals surface area contributed by atoms with Crippen LogP contribution in [-0.2, 0) is 0 Å². The highest BCUT2D eigenvalue weighted by atomic mass is 15.2. The number of piperidine rings is 1. The van der Waals surface area contributed by atoms with Crippen molar-refractivity contribution in [3.05, 3.63) is 18.3 Å². The lowest BCUT2D eigenvalue weighted by Crippen LogP contribution is -2.41. The van der Waals surface area contributed by atoms with Gasteiger partial charge in [0.05, 0.1) is 11.9 Å². The molecule has 4 heteroatoms. The third-order valence-corrected chi connectivity index (χ3v) is 4.41. The van der Waals surface area contributed by atoms with Gasteiger partial charge in [-0.1, -0.05) is 6.42 Å². The quantitative estimate of drug-likeness (QED) is 0.902. The number of nitrogens with one attached hydrogen (secondary N) is 1. The van der Waals surface area contributed by atoms with Crippen molar-refractivity contribution in [2.75, 3.05) is 37.4 Å². The Morgan fingerprint density at radius 3 is 2.84 bits per heavy atom. The Bertz CT molecular complexity index is 415. The third kappa shape index (κ3) is 2.68. The maximum absolute atomic E-state index is 4.47. The summed E-state index contributed by atoms with van der Waals surface area (Å²) in [5.41, 5.74) is 1.16. The summed E-state index contributed by atoms with van der Waals surface area (Å²) >= 11 is 0. The summed E-state index contributed by atoms with van der Waals surface area (Å²) < 4.78 is 0. The number of rotatable bonds is 3. The van der Waals surface area contributed by atoms with Crippen LogP contribution in [0.1, 0.15) is 25.7 Å². The molecule has 3 rings (SSSR count). The average molecular weight is 260 g/mol. The monoisotopic (exact) mass is 260 g/mol. The molecule has 2 aliphatic rings. The van der Waals surface area contributed by atoms with Gasteiger partial charge in [-0.3, -0.25) is 4.90 Å². The van der Waals surface area contributed by atoms with Crippen LogP contribution in [0.2, 0.25) is 0 Å². The van der Waals surface area contributed by atoms with E-state index in [1.807, 2.05) is 25.2 Å². The molecule has 2 atom stereocenters. The van der Waals surface area contributed by atoms with Gasteiger partial charge in [0.2, 0.25) is 0 Å². The summed E-state index contributed by atoms with van der Waals surface area (Å²) in [4.78, 5) is 9.16. The van der Waals surface area contributed by atoms with Gasteiger partial charge in [-0.25, -0.2) is 4.98 Å². The summed E-state index contributed by atoms with van der Waals surface area (Å²) in [5.74, 6) is 1.01. The molecule has 0 aromatic carbocycles. The zero-order valence-electron chi connectivity index (χ0n) is 12.0. The van der Waals surface area contributed by atoms with Crippen molar-refractivity contribution in [1.29, 1.82) is 0 Å². The number of fused-ring (bicyclic) bond motifs is 1. The fourth-order valence-electron chi connectivity index (χ4n) is 3.37. The van der Waals surface area contributed by atoms with Gasteiger partial charge in [0, 0.05) is 32.7 Å². The van der Waals surface area contributed by atoms with Crippen molar-refractivity contribution in [1.82, 2.24) is 9.88 Å². The van der Waals surface area contributed by atoms with Crippen LogP contribution in [0, 0.1) is 0 Å². The lowest BCUT2D eigenvalue weighted by molar-refractivity contribution is 0.193. The molecule has 0 radical (unpaired) electrons. The van der Waals surface area contributed by atoms with Crippen LogP contribution in [0.4, 0.5) is 11.5 Å². The van der Waals surface area contributed by atoms with Crippen LogP contribution < -0.4 is 10.2 Å². The fourth-order valence-corrected chi connectivity index (χ4v) is 3.37. The van der Waals surface area contributed by atoms with Crippen LogP contribution in [0.5, 0.6) is 0 Å². The van der Waals surface area contributed by atoms with Gasteiger partial charge in [-0.15, -0.1) is 0 Å². The summed E-state index contributed by atoms with van der Waals surface area (Å²) in [6.45, 7) is 2.55. The second-order valence-corrected chi connectivity index (χ2v) is 5.94. The first-order valence-corrected chi connectivity index (χ1v) is 7.38. The highest BCUT2D eigenvalue weighted by Crippen LogP contribution is 2.29. The molecule has 19 heavy (non-hydrogen) atoms. The molecule has 0 saturated carbocycles. The zero-order chi connectivity index (χ0) is 13.2. The van der Waals surface area contributed by atoms with E-state index < -0.39 is 0 Å². The summed E-state index contributed by atoms with van der Waals surface area (Å²) in [5, 5.41) is 3.68. The average Bonchev–Trinajstić information content (AvgIpc) is 2.83. The minimum atomic E-state index is 0.604. The van der Waals surface area contributed by atoms with Gasteiger partial charge < -0.3 is 10.2 Å². The molecule has 2 aliphatic heterocycles. The van der Waals surface area contributed by atoms with Crippen molar-refractivity contribution < 1.29 is 0 Å². The number of pyridine rings is 1. The molecule has 0 spiro atoms. The molecule has 0 bridgehead atoms. The Hall–Kier alpha value is -1.29. The second-order valence-electron chi connectivity index (χ2n) is 5.94. The molecule has 1 N–H and O–H groups in total. The number of anilines is 2. The van der Waals surface area contributed by atoms with E-state index in [0.29, 0.717) is 6.04 Å². The van der Waals surface area contributed by atoms with E-state index in [0.717, 1.165) is 17.5 Å². The molecule has 2 saturated heterocycles. The summed E-state index contributed by atoms with van der Waals surface area (Å²) in [7, 11) is 4.04. The lowest BCUT2D eigenvalue weighted by atomic mass is 9.99. The Labute approximate surface area is 115 Å². The minimum absolute atomic E-state index is 0.604. The van der Waals surface area contributed by atoms with Crippen molar-refractivity contribution >= 4 is 11.5 Å². The number of hydrogen-bond acceptors (Lipinski definition) is 4. The number of nitrogens with zero attached hydrogens (tertiary/aromatic N) is 3.